The molecule has 0 saturated carbocycles. The Kier molecular flexibility index (Phi) is 4.82. The summed E-state index contributed by atoms with van der Waals surface area (Å²) in [5, 5.41) is 0. The molecule has 22 heavy (non-hydrogen) atoms. The Balaban J connectivity index is 2.43. The third-order valence-corrected chi connectivity index (χ3v) is 5.06. The Morgan fingerprint density at radius 2 is 1.64 bits per heavy atom. The molecular formula is C16H18N2O3S. The van der Waals surface area contributed by atoms with Crippen LogP contribution in [-0.2, 0) is 14.8 Å². The number of primary amides is 1. The number of hydrogen-bond acceptors (Lipinski definition) is 3. The van der Waals surface area contributed by atoms with Crippen LogP contribution in [0.3, 0.4) is 0 Å². The van der Waals surface area contributed by atoms with Crippen molar-refractivity contribution in [2.45, 2.75) is 18.2 Å². The summed E-state index contributed by atoms with van der Waals surface area (Å²) in [6.45, 7) is 1.90. The molecule has 6 heteroatoms. The summed E-state index contributed by atoms with van der Waals surface area (Å²) in [5.74, 6) is -0.542. The number of aryl methyl sites for hydroxylation is 1. The molecule has 0 aliphatic rings. The van der Waals surface area contributed by atoms with Gasteiger partial charge < -0.3 is 5.73 Å². The van der Waals surface area contributed by atoms with Crippen molar-refractivity contribution in [3.8, 4) is 0 Å². The van der Waals surface area contributed by atoms with Crippen LogP contribution >= 0.6 is 0 Å². The van der Waals surface area contributed by atoms with E-state index in [-0.39, 0.29) is 17.9 Å². The second-order valence-corrected chi connectivity index (χ2v) is 6.80. The minimum Gasteiger partial charge on any atom is -0.370 e. The lowest BCUT2D eigenvalue weighted by atomic mass is 10.2. The van der Waals surface area contributed by atoms with Crippen LogP contribution in [-0.4, -0.2) is 20.9 Å². The molecule has 0 aliphatic carbocycles. The van der Waals surface area contributed by atoms with Gasteiger partial charge in [-0.05, 0) is 31.2 Å². The van der Waals surface area contributed by atoms with Gasteiger partial charge in [0.2, 0.25) is 5.91 Å². The highest BCUT2D eigenvalue weighted by atomic mass is 32.2. The number of carbonyl (C=O) groups is 1. The zero-order valence-electron chi connectivity index (χ0n) is 12.3. The third kappa shape index (κ3) is 3.65. The topological polar surface area (TPSA) is 80.5 Å². The van der Waals surface area contributed by atoms with E-state index in [0.717, 1.165) is 5.56 Å². The first kappa shape index (κ1) is 16.0. The SMILES string of the molecule is Cc1ccc(S(=O)(=O)N(CCC(N)=O)c2ccccc2)cc1. The standard InChI is InChI=1S/C16H18N2O3S/c1-13-7-9-15(10-8-13)22(20,21)18(12-11-16(17)19)14-5-3-2-4-6-14/h2-10H,11-12H2,1H3,(H2,17,19). The molecule has 0 unspecified atom stereocenters. The van der Waals surface area contributed by atoms with Crippen molar-refractivity contribution in [2.75, 3.05) is 10.8 Å². The fraction of sp³-hybridized carbons (Fsp3) is 0.188. The van der Waals surface area contributed by atoms with Gasteiger partial charge in [-0.1, -0.05) is 35.9 Å². The van der Waals surface area contributed by atoms with E-state index in [1.165, 1.54) is 4.31 Å². The van der Waals surface area contributed by atoms with Gasteiger partial charge in [-0.3, -0.25) is 9.10 Å². The average molecular weight is 318 g/mol. The zero-order chi connectivity index (χ0) is 16.2. The van der Waals surface area contributed by atoms with Crippen molar-refractivity contribution in [1.82, 2.24) is 0 Å². The normalized spacial score (nSPS) is 11.1. The van der Waals surface area contributed by atoms with Gasteiger partial charge in [-0.15, -0.1) is 0 Å². The predicted octanol–water partition coefficient (Wildman–Crippen LogP) is 2.07. The van der Waals surface area contributed by atoms with E-state index >= 15 is 0 Å². The van der Waals surface area contributed by atoms with Crippen molar-refractivity contribution in [3.63, 3.8) is 0 Å². The summed E-state index contributed by atoms with van der Waals surface area (Å²) in [6.07, 6.45) is -0.0417. The number of anilines is 1. The smallest absolute Gasteiger partial charge is 0.264 e. The summed E-state index contributed by atoms with van der Waals surface area (Å²) in [6, 6.07) is 15.3. The summed E-state index contributed by atoms with van der Waals surface area (Å²) in [4.78, 5) is 11.2. The number of hydrogen-bond donors (Lipinski definition) is 1. The number of benzene rings is 2. The Bertz CT molecular complexity index is 741. The van der Waals surface area contributed by atoms with Crippen LogP contribution in [0.4, 0.5) is 5.69 Å². The van der Waals surface area contributed by atoms with E-state index in [9.17, 15) is 13.2 Å². The summed E-state index contributed by atoms with van der Waals surface area (Å²) < 4.78 is 26.9. The molecule has 2 aromatic rings. The minimum absolute atomic E-state index is 0.00948. The highest BCUT2D eigenvalue weighted by molar-refractivity contribution is 7.92. The molecule has 2 N–H and O–H groups in total. The van der Waals surface area contributed by atoms with Crippen LogP contribution < -0.4 is 10.0 Å². The quantitative estimate of drug-likeness (QED) is 0.885. The molecule has 0 spiro atoms. The first-order valence-corrected chi connectivity index (χ1v) is 8.28. The van der Waals surface area contributed by atoms with Crippen LogP contribution in [0, 0.1) is 6.92 Å². The number of amides is 1. The molecule has 1 amide bonds. The first-order valence-electron chi connectivity index (χ1n) is 6.84. The highest BCUT2D eigenvalue weighted by Crippen LogP contribution is 2.23. The van der Waals surface area contributed by atoms with E-state index in [4.69, 9.17) is 5.73 Å². The Morgan fingerprint density at radius 3 is 2.18 bits per heavy atom. The van der Waals surface area contributed by atoms with Crippen LogP contribution in [0.15, 0.2) is 59.5 Å². The number of nitrogens with zero attached hydrogens (tertiary/aromatic N) is 1. The van der Waals surface area contributed by atoms with E-state index in [0.29, 0.717) is 5.69 Å². The van der Waals surface area contributed by atoms with E-state index in [1.54, 1.807) is 54.6 Å². The molecule has 116 valence electrons. The first-order chi connectivity index (χ1) is 10.4. The van der Waals surface area contributed by atoms with Gasteiger partial charge in [0.15, 0.2) is 0 Å². The van der Waals surface area contributed by atoms with Gasteiger partial charge in [0.05, 0.1) is 10.6 Å². The van der Waals surface area contributed by atoms with E-state index in [1.807, 2.05) is 6.92 Å². The van der Waals surface area contributed by atoms with Gasteiger partial charge >= 0.3 is 0 Å². The van der Waals surface area contributed by atoms with Crippen molar-refractivity contribution in [2.24, 2.45) is 5.73 Å². The number of sulfonamides is 1. The number of para-hydroxylation sites is 1. The van der Waals surface area contributed by atoms with Gasteiger partial charge in [0, 0.05) is 13.0 Å². The van der Waals surface area contributed by atoms with Crippen molar-refractivity contribution < 1.29 is 13.2 Å². The Labute approximate surface area is 130 Å². The average Bonchev–Trinajstić information content (AvgIpc) is 2.48. The molecule has 0 radical (unpaired) electrons. The fourth-order valence-electron chi connectivity index (χ4n) is 2.03. The van der Waals surface area contributed by atoms with Crippen LogP contribution in [0.5, 0.6) is 0 Å². The summed E-state index contributed by atoms with van der Waals surface area (Å²) >= 11 is 0. The monoisotopic (exact) mass is 318 g/mol. The Hall–Kier alpha value is -2.34. The molecule has 0 atom stereocenters. The molecule has 0 bridgehead atoms. The van der Waals surface area contributed by atoms with Crippen molar-refractivity contribution >= 4 is 21.6 Å². The van der Waals surface area contributed by atoms with E-state index in [2.05, 4.69) is 0 Å². The lowest BCUT2D eigenvalue weighted by molar-refractivity contribution is -0.117. The summed E-state index contributed by atoms with van der Waals surface area (Å²) in [7, 11) is -3.74. The minimum atomic E-state index is -3.74. The maximum absolute atomic E-state index is 12.8. The lowest BCUT2D eigenvalue weighted by Crippen LogP contribution is -2.34. The molecule has 0 aromatic heterocycles. The zero-order valence-corrected chi connectivity index (χ0v) is 13.1. The van der Waals surface area contributed by atoms with Gasteiger partial charge in [0.1, 0.15) is 0 Å². The van der Waals surface area contributed by atoms with Crippen LogP contribution in [0.2, 0.25) is 0 Å². The Morgan fingerprint density at radius 1 is 1.05 bits per heavy atom. The summed E-state index contributed by atoms with van der Waals surface area (Å²) in [5.41, 5.74) is 6.64. The van der Waals surface area contributed by atoms with Gasteiger partial charge in [-0.2, -0.15) is 0 Å². The lowest BCUT2D eigenvalue weighted by Gasteiger charge is -2.24. The second-order valence-electron chi connectivity index (χ2n) is 4.94. The predicted molar refractivity (Wildman–Crippen MR) is 86.0 cm³/mol. The third-order valence-electron chi connectivity index (χ3n) is 3.21. The molecule has 0 heterocycles. The van der Waals surface area contributed by atoms with Crippen molar-refractivity contribution in [3.05, 3.63) is 60.2 Å². The van der Waals surface area contributed by atoms with Crippen LogP contribution in [0.25, 0.3) is 0 Å². The number of carbonyl (C=O) groups excluding carboxylic acids is 1. The van der Waals surface area contributed by atoms with Crippen LogP contribution in [0.1, 0.15) is 12.0 Å². The fourth-order valence-corrected chi connectivity index (χ4v) is 3.50. The molecule has 0 saturated heterocycles. The molecule has 0 aliphatic heterocycles. The second kappa shape index (κ2) is 6.62. The number of nitrogens with two attached hydrogens (primary N) is 1. The molecular weight excluding hydrogens is 300 g/mol. The molecule has 5 nitrogen and oxygen atoms in total. The molecule has 2 rings (SSSR count). The maximum Gasteiger partial charge on any atom is 0.264 e. The van der Waals surface area contributed by atoms with Crippen molar-refractivity contribution in [1.29, 1.82) is 0 Å². The largest absolute Gasteiger partial charge is 0.370 e. The number of rotatable bonds is 6. The highest BCUT2D eigenvalue weighted by Gasteiger charge is 2.24. The van der Waals surface area contributed by atoms with Gasteiger partial charge in [-0.25, -0.2) is 8.42 Å². The van der Waals surface area contributed by atoms with E-state index < -0.39 is 15.9 Å². The molecule has 2 aromatic carbocycles. The van der Waals surface area contributed by atoms with Gasteiger partial charge in [0.25, 0.3) is 10.0 Å². The maximum atomic E-state index is 12.8. The molecule has 0 fully saturated rings.